The first kappa shape index (κ1) is 36.3. The van der Waals surface area contributed by atoms with Gasteiger partial charge in [-0.1, -0.05) is 38.1 Å². The van der Waals surface area contributed by atoms with Crippen LogP contribution in [0.2, 0.25) is 0 Å². The van der Waals surface area contributed by atoms with Gasteiger partial charge in [-0.25, -0.2) is 4.79 Å². The molecular formula is C31H40O16. The predicted octanol–water partition coefficient (Wildman–Crippen LogP) is -1.30. The van der Waals surface area contributed by atoms with Crippen LogP contribution in [-0.4, -0.2) is 127 Å². The fourth-order valence-electron chi connectivity index (χ4n) is 4.90. The van der Waals surface area contributed by atoms with Crippen molar-refractivity contribution in [2.24, 2.45) is 5.92 Å². The van der Waals surface area contributed by atoms with Crippen molar-refractivity contribution in [1.29, 1.82) is 0 Å². The molecule has 0 bridgehead atoms. The molecule has 0 aliphatic carbocycles. The average Bonchev–Trinajstić information content (AvgIpc) is 3.07. The van der Waals surface area contributed by atoms with Gasteiger partial charge >= 0.3 is 11.9 Å². The molecule has 0 aromatic heterocycles. The molecule has 0 amide bonds. The van der Waals surface area contributed by atoms with Crippen LogP contribution in [0.25, 0.3) is 0 Å². The van der Waals surface area contributed by atoms with Crippen molar-refractivity contribution < 1.29 is 78.9 Å². The average molecular weight is 669 g/mol. The van der Waals surface area contributed by atoms with Crippen LogP contribution in [0.3, 0.4) is 0 Å². The molecular weight excluding hydrogens is 628 g/mol. The van der Waals surface area contributed by atoms with Crippen molar-refractivity contribution >= 4 is 11.9 Å². The Kier molecular flexibility index (Phi) is 12.4. The van der Waals surface area contributed by atoms with Crippen molar-refractivity contribution in [3.8, 4) is 17.2 Å². The summed E-state index contributed by atoms with van der Waals surface area (Å²) in [6.45, 7) is 1.50. The SMILES string of the molecule is CC[C@H](C)C(=O)O[C@@H]1[C@@H](O)[C@H](Oc2cccc(O)c2C(=O)OCc2ccccc2O[C@@H]2O[C@H](CO)[C@@H](O)[C@H](O)[C@H]2O)O[C@H](CO)[C@H]1O. The van der Waals surface area contributed by atoms with Gasteiger partial charge in [0.2, 0.25) is 12.6 Å². The number of aliphatic hydroxyl groups is 7. The zero-order valence-corrected chi connectivity index (χ0v) is 25.6. The van der Waals surface area contributed by atoms with Gasteiger partial charge < -0.3 is 69.3 Å². The van der Waals surface area contributed by atoms with Gasteiger partial charge in [-0.15, -0.1) is 0 Å². The molecule has 260 valence electrons. The predicted molar refractivity (Wildman–Crippen MR) is 156 cm³/mol. The van der Waals surface area contributed by atoms with E-state index in [4.69, 9.17) is 28.4 Å². The zero-order chi connectivity index (χ0) is 34.4. The standard InChI is InChI=1S/C31H40O16/c1-3-14(2)28(40)47-27-23(36)20(12-33)46-31(26(27)39)44-18-10-6-8-16(34)21(18)29(41)42-13-15-7-4-5-9-17(15)43-30-25(38)24(37)22(35)19(11-32)45-30/h4-10,14,19-20,22-27,30-39H,3,11-13H2,1-2H3/t14-,19+,20+,22+,23+,24-,25+,26+,27-,30+,31+/m0/s1. The number of aliphatic hydroxyl groups excluding tert-OH is 7. The number of benzene rings is 2. The lowest BCUT2D eigenvalue weighted by molar-refractivity contribution is -0.282. The molecule has 2 saturated heterocycles. The Bertz CT molecular complexity index is 1350. The van der Waals surface area contributed by atoms with E-state index in [2.05, 4.69) is 0 Å². The smallest absolute Gasteiger partial charge is 0.346 e. The summed E-state index contributed by atoms with van der Waals surface area (Å²) in [5, 5.41) is 81.8. The molecule has 47 heavy (non-hydrogen) atoms. The number of hydrogen-bond acceptors (Lipinski definition) is 16. The van der Waals surface area contributed by atoms with Gasteiger partial charge in [-0.05, 0) is 24.6 Å². The Hall–Kier alpha value is -3.58. The van der Waals surface area contributed by atoms with E-state index in [0.717, 1.165) is 0 Å². The molecule has 0 radical (unpaired) electrons. The van der Waals surface area contributed by atoms with Crippen LogP contribution in [0.15, 0.2) is 42.5 Å². The molecule has 11 atom stereocenters. The summed E-state index contributed by atoms with van der Waals surface area (Å²) < 4.78 is 33.0. The van der Waals surface area contributed by atoms with Crippen molar-refractivity contribution in [3.05, 3.63) is 53.6 Å². The minimum absolute atomic E-state index is 0.0590. The second-order valence-electron chi connectivity index (χ2n) is 11.2. The normalized spacial score (nSPS) is 31.4. The number of carbonyl (C=O) groups is 2. The highest BCUT2D eigenvalue weighted by Gasteiger charge is 2.49. The van der Waals surface area contributed by atoms with Gasteiger partial charge in [0.05, 0.1) is 19.1 Å². The van der Waals surface area contributed by atoms with Crippen LogP contribution in [-0.2, 0) is 30.3 Å². The maximum Gasteiger partial charge on any atom is 0.346 e. The first-order chi connectivity index (χ1) is 22.4. The third-order valence-corrected chi connectivity index (χ3v) is 7.96. The molecule has 2 aliphatic rings. The minimum atomic E-state index is -1.78. The number of aromatic hydroxyl groups is 1. The summed E-state index contributed by atoms with van der Waals surface area (Å²) in [5.74, 6) is -3.17. The van der Waals surface area contributed by atoms with E-state index in [1.54, 1.807) is 26.0 Å². The quantitative estimate of drug-likeness (QED) is 0.122. The van der Waals surface area contributed by atoms with E-state index in [1.807, 2.05) is 0 Å². The lowest BCUT2D eigenvalue weighted by atomic mass is 9.98. The van der Waals surface area contributed by atoms with E-state index in [9.17, 15) is 50.4 Å². The van der Waals surface area contributed by atoms with Crippen LogP contribution in [0.1, 0.15) is 36.2 Å². The summed E-state index contributed by atoms with van der Waals surface area (Å²) in [6.07, 6.45) is -15.2. The summed E-state index contributed by atoms with van der Waals surface area (Å²) in [7, 11) is 0. The Labute approximate surface area is 269 Å². The molecule has 2 heterocycles. The van der Waals surface area contributed by atoms with E-state index in [0.29, 0.717) is 6.42 Å². The molecule has 0 saturated carbocycles. The summed E-state index contributed by atoms with van der Waals surface area (Å²) in [5.41, 5.74) is -0.220. The van der Waals surface area contributed by atoms with E-state index >= 15 is 0 Å². The number of esters is 2. The van der Waals surface area contributed by atoms with Crippen LogP contribution in [0.4, 0.5) is 0 Å². The minimum Gasteiger partial charge on any atom is -0.507 e. The van der Waals surface area contributed by atoms with Crippen LogP contribution >= 0.6 is 0 Å². The number of phenolic OH excluding ortho intramolecular Hbond substituents is 1. The van der Waals surface area contributed by atoms with E-state index in [1.165, 1.54) is 30.3 Å². The van der Waals surface area contributed by atoms with Gasteiger partial charge in [0, 0.05) is 5.56 Å². The topological polar surface area (TPSA) is 251 Å². The van der Waals surface area contributed by atoms with Gasteiger partial charge in [0.1, 0.15) is 66.0 Å². The van der Waals surface area contributed by atoms with Crippen LogP contribution in [0, 0.1) is 5.92 Å². The Morgan fingerprint density at radius 3 is 2.04 bits per heavy atom. The summed E-state index contributed by atoms with van der Waals surface area (Å²) >= 11 is 0. The fraction of sp³-hybridized carbons (Fsp3) is 0.548. The van der Waals surface area contributed by atoms with Crippen molar-refractivity contribution in [2.75, 3.05) is 13.2 Å². The van der Waals surface area contributed by atoms with E-state index in [-0.39, 0.29) is 17.1 Å². The number of rotatable bonds is 12. The molecule has 8 N–H and O–H groups in total. The van der Waals surface area contributed by atoms with Crippen molar-refractivity contribution in [3.63, 3.8) is 0 Å². The summed E-state index contributed by atoms with van der Waals surface area (Å²) in [4.78, 5) is 25.7. The van der Waals surface area contributed by atoms with Crippen molar-refractivity contribution in [1.82, 2.24) is 0 Å². The zero-order valence-electron chi connectivity index (χ0n) is 25.6. The molecule has 2 fully saturated rings. The van der Waals surface area contributed by atoms with E-state index < -0.39 is 110 Å². The highest BCUT2D eigenvalue weighted by atomic mass is 16.7. The van der Waals surface area contributed by atoms with Crippen LogP contribution < -0.4 is 9.47 Å². The second-order valence-corrected chi connectivity index (χ2v) is 11.2. The maximum absolute atomic E-state index is 13.3. The molecule has 0 unspecified atom stereocenters. The largest absolute Gasteiger partial charge is 0.507 e. The lowest BCUT2D eigenvalue weighted by Gasteiger charge is -2.41. The number of hydrogen-bond donors (Lipinski definition) is 8. The molecule has 4 rings (SSSR count). The highest BCUT2D eigenvalue weighted by Crippen LogP contribution is 2.34. The lowest BCUT2D eigenvalue weighted by Crippen LogP contribution is -2.61. The van der Waals surface area contributed by atoms with Crippen LogP contribution in [0.5, 0.6) is 17.2 Å². The number of phenols is 1. The summed E-state index contributed by atoms with van der Waals surface area (Å²) in [6, 6.07) is 9.91. The Balaban J connectivity index is 1.50. The van der Waals surface area contributed by atoms with Gasteiger partial charge in [-0.2, -0.15) is 0 Å². The maximum atomic E-state index is 13.3. The molecule has 2 aliphatic heterocycles. The third kappa shape index (κ3) is 8.11. The van der Waals surface area contributed by atoms with Crippen molar-refractivity contribution in [2.45, 2.75) is 88.3 Å². The number of para-hydroxylation sites is 1. The molecule has 16 heteroatoms. The highest BCUT2D eigenvalue weighted by molar-refractivity contribution is 5.95. The molecule has 0 spiro atoms. The number of carbonyl (C=O) groups excluding carboxylic acids is 2. The van der Waals surface area contributed by atoms with Gasteiger partial charge in [0.15, 0.2) is 12.2 Å². The van der Waals surface area contributed by atoms with Gasteiger partial charge in [-0.3, -0.25) is 4.79 Å². The monoisotopic (exact) mass is 668 g/mol. The molecule has 16 nitrogen and oxygen atoms in total. The fourth-order valence-corrected chi connectivity index (χ4v) is 4.90. The Morgan fingerprint density at radius 2 is 1.38 bits per heavy atom. The Morgan fingerprint density at radius 1 is 0.787 bits per heavy atom. The number of ether oxygens (including phenoxy) is 6. The first-order valence-electron chi connectivity index (χ1n) is 14.9. The second kappa shape index (κ2) is 16.0. The molecule has 2 aromatic rings. The molecule has 2 aromatic carbocycles. The first-order valence-corrected chi connectivity index (χ1v) is 14.9. The van der Waals surface area contributed by atoms with Gasteiger partial charge in [0.25, 0.3) is 0 Å². The third-order valence-electron chi connectivity index (χ3n) is 7.96.